The molecule has 0 radical (unpaired) electrons. The molecule has 0 bridgehead atoms. The van der Waals surface area contributed by atoms with Crippen LogP contribution in [0.4, 0.5) is 0 Å². The van der Waals surface area contributed by atoms with Gasteiger partial charge in [-0.25, -0.2) is 0 Å². The van der Waals surface area contributed by atoms with Crippen molar-refractivity contribution in [2.45, 2.75) is 19.8 Å². The Kier molecular flexibility index (Phi) is 1.53. The third-order valence-corrected chi connectivity index (χ3v) is 2.55. The first-order valence-electron chi connectivity index (χ1n) is 4.09. The number of ether oxygens (including phenoxy) is 1. The van der Waals surface area contributed by atoms with E-state index in [2.05, 4.69) is 4.74 Å². The first-order valence-corrected chi connectivity index (χ1v) is 4.09. The summed E-state index contributed by atoms with van der Waals surface area (Å²) in [6.07, 6.45) is 3.37. The molecule has 3 heteroatoms. The Bertz CT molecular complexity index is 277. The minimum atomic E-state index is -0.339. The van der Waals surface area contributed by atoms with Crippen molar-refractivity contribution in [1.82, 2.24) is 0 Å². The highest BCUT2D eigenvalue weighted by atomic mass is 16.6. The van der Waals surface area contributed by atoms with E-state index in [0.29, 0.717) is 12.8 Å². The molecule has 1 unspecified atom stereocenters. The molecule has 0 N–H and O–H groups in total. The Hall–Kier alpha value is -1.12. The predicted molar refractivity (Wildman–Crippen MR) is 41.1 cm³/mol. The minimum absolute atomic E-state index is 0.192. The second kappa shape index (κ2) is 2.44. The Labute approximate surface area is 70.4 Å². The van der Waals surface area contributed by atoms with Gasteiger partial charge in [-0.15, -0.1) is 0 Å². The van der Waals surface area contributed by atoms with Crippen LogP contribution in [0.2, 0.25) is 0 Å². The monoisotopic (exact) mass is 166 g/mol. The summed E-state index contributed by atoms with van der Waals surface area (Å²) in [5.74, 6) is -1.06. The summed E-state index contributed by atoms with van der Waals surface area (Å²) in [5, 5.41) is 0. The van der Waals surface area contributed by atoms with E-state index in [-0.39, 0.29) is 23.8 Å². The van der Waals surface area contributed by atoms with E-state index >= 15 is 0 Å². The molecule has 1 heterocycles. The molecule has 0 aromatic rings. The van der Waals surface area contributed by atoms with Crippen molar-refractivity contribution in [3.05, 3.63) is 11.6 Å². The van der Waals surface area contributed by atoms with Gasteiger partial charge >= 0.3 is 11.9 Å². The van der Waals surface area contributed by atoms with Crippen LogP contribution in [0.5, 0.6) is 0 Å². The van der Waals surface area contributed by atoms with E-state index in [1.165, 1.54) is 5.57 Å². The number of fused-ring (bicyclic) bond motifs is 1. The first-order chi connectivity index (χ1) is 5.68. The lowest BCUT2D eigenvalue weighted by Crippen LogP contribution is -2.20. The third-order valence-electron chi connectivity index (χ3n) is 2.55. The van der Waals surface area contributed by atoms with E-state index in [4.69, 9.17) is 0 Å². The van der Waals surface area contributed by atoms with E-state index in [0.717, 1.165) is 0 Å². The Morgan fingerprint density at radius 1 is 1.33 bits per heavy atom. The molecule has 0 spiro atoms. The normalized spacial score (nSPS) is 34.2. The lowest BCUT2D eigenvalue weighted by Gasteiger charge is -2.17. The summed E-state index contributed by atoms with van der Waals surface area (Å²) in [6.45, 7) is 1.98. The van der Waals surface area contributed by atoms with E-state index in [9.17, 15) is 9.59 Å². The standard InChI is InChI=1S/C9H10O3/c1-5-2-3-6-7(4-5)9(11)12-8(6)10/h2,6-7H,3-4H2,1H3/t6?,7-/m1/s1. The quantitative estimate of drug-likeness (QED) is 0.307. The third kappa shape index (κ3) is 0.967. The van der Waals surface area contributed by atoms with Crippen molar-refractivity contribution in [2.75, 3.05) is 0 Å². The van der Waals surface area contributed by atoms with Crippen LogP contribution in [0, 0.1) is 11.8 Å². The second-order valence-electron chi connectivity index (χ2n) is 3.44. The first kappa shape index (κ1) is 7.53. The van der Waals surface area contributed by atoms with Gasteiger partial charge in [0.05, 0.1) is 11.8 Å². The summed E-state index contributed by atoms with van der Waals surface area (Å²) >= 11 is 0. The number of hydrogen-bond donors (Lipinski definition) is 0. The zero-order chi connectivity index (χ0) is 8.72. The number of rotatable bonds is 0. The maximum absolute atomic E-state index is 11.1. The molecule has 3 nitrogen and oxygen atoms in total. The molecule has 64 valence electrons. The molecule has 1 aliphatic heterocycles. The molecule has 12 heavy (non-hydrogen) atoms. The van der Waals surface area contributed by atoms with Crippen LogP contribution in [-0.2, 0) is 14.3 Å². The fourth-order valence-electron chi connectivity index (χ4n) is 1.82. The van der Waals surface area contributed by atoms with Crippen LogP contribution in [0.15, 0.2) is 11.6 Å². The van der Waals surface area contributed by atoms with Gasteiger partial charge in [-0.05, 0) is 19.8 Å². The average Bonchev–Trinajstić information content (AvgIpc) is 2.28. The predicted octanol–water partition coefficient (Wildman–Crippen LogP) is 1.04. The average molecular weight is 166 g/mol. The molecular formula is C9H10O3. The number of cyclic esters (lactones) is 2. The zero-order valence-electron chi connectivity index (χ0n) is 6.87. The zero-order valence-corrected chi connectivity index (χ0v) is 6.87. The molecule has 0 aromatic carbocycles. The second-order valence-corrected chi connectivity index (χ2v) is 3.44. The van der Waals surface area contributed by atoms with E-state index in [1.807, 2.05) is 13.0 Å². The van der Waals surface area contributed by atoms with Crippen LogP contribution >= 0.6 is 0 Å². The molecule has 0 aromatic heterocycles. The Balaban J connectivity index is 2.27. The summed E-state index contributed by atoms with van der Waals surface area (Å²) < 4.78 is 4.55. The lowest BCUT2D eigenvalue weighted by atomic mass is 9.82. The minimum Gasteiger partial charge on any atom is -0.393 e. The molecule has 0 amide bonds. The maximum atomic E-state index is 11.1. The van der Waals surface area contributed by atoms with Crippen molar-refractivity contribution in [3.63, 3.8) is 0 Å². The molecule has 2 rings (SSSR count). The van der Waals surface area contributed by atoms with Crippen molar-refractivity contribution in [1.29, 1.82) is 0 Å². The SMILES string of the molecule is CC1=CCC2C(=O)OC(=O)[C@@H]2C1. The van der Waals surface area contributed by atoms with Gasteiger partial charge in [0.25, 0.3) is 0 Å². The van der Waals surface area contributed by atoms with Crippen molar-refractivity contribution in [3.8, 4) is 0 Å². The Morgan fingerprint density at radius 3 is 2.75 bits per heavy atom. The Morgan fingerprint density at radius 2 is 2.00 bits per heavy atom. The van der Waals surface area contributed by atoms with Crippen LogP contribution in [-0.4, -0.2) is 11.9 Å². The highest BCUT2D eigenvalue weighted by Crippen LogP contribution is 2.35. The molecular weight excluding hydrogens is 156 g/mol. The number of carbonyl (C=O) groups excluding carboxylic acids is 2. The van der Waals surface area contributed by atoms with Gasteiger partial charge < -0.3 is 4.74 Å². The van der Waals surface area contributed by atoms with Gasteiger partial charge in [0.15, 0.2) is 0 Å². The van der Waals surface area contributed by atoms with Gasteiger partial charge in [0.2, 0.25) is 0 Å². The van der Waals surface area contributed by atoms with Crippen LogP contribution in [0.3, 0.4) is 0 Å². The largest absolute Gasteiger partial charge is 0.393 e. The number of allylic oxidation sites excluding steroid dienone is 2. The van der Waals surface area contributed by atoms with Crippen molar-refractivity contribution < 1.29 is 14.3 Å². The van der Waals surface area contributed by atoms with Gasteiger partial charge in [-0.3, -0.25) is 9.59 Å². The number of esters is 2. The van der Waals surface area contributed by atoms with Gasteiger partial charge in [0.1, 0.15) is 0 Å². The molecule has 1 fully saturated rings. The highest BCUT2D eigenvalue weighted by molar-refractivity contribution is 5.96. The lowest BCUT2D eigenvalue weighted by molar-refractivity contribution is -0.153. The van der Waals surface area contributed by atoms with E-state index < -0.39 is 0 Å². The van der Waals surface area contributed by atoms with Crippen LogP contribution in [0.1, 0.15) is 19.8 Å². The van der Waals surface area contributed by atoms with Crippen molar-refractivity contribution in [2.24, 2.45) is 11.8 Å². The number of carbonyl (C=O) groups is 2. The van der Waals surface area contributed by atoms with Crippen LogP contribution in [0.25, 0.3) is 0 Å². The molecule has 2 atom stereocenters. The maximum Gasteiger partial charge on any atom is 0.317 e. The topological polar surface area (TPSA) is 43.4 Å². The molecule has 1 aliphatic carbocycles. The molecule has 1 saturated heterocycles. The van der Waals surface area contributed by atoms with Crippen LogP contribution < -0.4 is 0 Å². The van der Waals surface area contributed by atoms with Gasteiger partial charge in [0, 0.05) is 0 Å². The summed E-state index contributed by atoms with van der Waals surface area (Å²) in [6, 6.07) is 0. The fourth-order valence-corrected chi connectivity index (χ4v) is 1.82. The summed E-state index contributed by atoms with van der Waals surface area (Å²) in [4.78, 5) is 22.1. The summed E-state index contributed by atoms with van der Waals surface area (Å²) in [7, 11) is 0. The fraction of sp³-hybridized carbons (Fsp3) is 0.556. The van der Waals surface area contributed by atoms with E-state index in [1.54, 1.807) is 0 Å². The van der Waals surface area contributed by atoms with Crippen molar-refractivity contribution >= 4 is 11.9 Å². The van der Waals surface area contributed by atoms with Gasteiger partial charge in [-0.2, -0.15) is 0 Å². The molecule has 0 saturated carbocycles. The number of hydrogen-bond acceptors (Lipinski definition) is 3. The smallest absolute Gasteiger partial charge is 0.317 e. The molecule has 2 aliphatic rings. The summed E-state index contributed by atoms with van der Waals surface area (Å²) in [5.41, 5.74) is 1.18. The van der Waals surface area contributed by atoms with Gasteiger partial charge in [-0.1, -0.05) is 11.6 Å². The highest BCUT2D eigenvalue weighted by Gasteiger charge is 2.44.